The zero-order valence-electron chi connectivity index (χ0n) is 8.09. The summed E-state index contributed by atoms with van der Waals surface area (Å²) in [6, 6.07) is 8.51. The van der Waals surface area contributed by atoms with Gasteiger partial charge >= 0.3 is 0 Å². The summed E-state index contributed by atoms with van der Waals surface area (Å²) in [5.41, 5.74) is 4.12. The van der Waals surface area contributed by atoms with Gasteiger partial charge in [0, 0.05) is 0 Å². The number of hydrogen-bond acceptors (Lipinski definition) is 0. The number of benzene rings is 1. The standard InChI is InChI=1S/C12H16/c1-4-7-10(2)12-9-6-5-8-11(12)3/h5-9H,4H2,1-3H3/b10-7+. The van der Waals surface area contributed by atoms with E-state index in [1.807, 2.05) is 0 Å². The summed E-state index contributed by atoms with van der Waals surface area (Å²) >= 11 is 0. The molecule has 0 fully saturated rings. The monoisotopic (exact) mass is 160 g/mol. The van der Waals surface area contributed by atoms with Crippen LogP contribution in [0.4, 0.5) is 0 Å². The van der Waals surface area contributed by atoms with E-state index in [-0.39, 0.29) is 0 Å². The van der Waals surface area contributed by atoms with Gasteiger partial charge in [-0.05, 0) is 37.0 Å². The molecule has 0 radical (unpaired) electrons. The average Bonchev–Trinajstić information content (AvgIpc) is 2.05. The minimum Gasteiger partial charge on any atom is -0.0813 e. The molecule has 1 aromatic rings. The molecule has 0 spiro atoms. The molecule has 12 heavy (non-hydrogen) atoms. The van der Waals surface area contributed by atoms with Gasteiger partial charge in [0.2, 0.25) is 0 Å². The van der Waals surface area contributed by atoms with E-state index < -0.39 is 0 Å². The van der Waals surface area contributed by atoms with E-state index in [1.165, 1.54) is 16.7 Å². The normalized spacial score (nSPS) is 11.8. The molecule has 1 rings (SSSR count). The first-order chi connectivity index (χ1) is 5.75. The molecular weight excluding hydrogens is 144 g/mol. The second-order valence-electron chi connectivity index (χ2n) is 3.11. The van der Waals surface area contributed by atoms with E-state index in [0.717, 1.165) is 6.42 Å². The third-order valence-corrected chi connectivity index (χ3v) is 2.08. The zero-order chi connectivity index (χ0) is 8.97. The van der Waals surface area contributed by atoms with Crippen LogP contribution < -0.4 is 0 Å². The molecule has 0 aliphatic heterocycles. The minimum absolute atomic E-state index is 1.11. The smallest absolute Gasteiger partial charge is 0.0201 e. The summed E-state index contributed by atoms with van der Waals surface area (Å²) in [6.07, 6.45) is 3.38. The summed E-state index contributed by atoms with van der Waals surface area (Å²) < 4.78 is 0. The van der Waals surface area contributed by atoms with Crippen molar-refractivity contribution in [3.05, 3.63) is 41.5 Å². The quantitative estimate of drug-likeness (QED) is 0.617. The Morgan fingerprint density at radius 1 is 1.33 bits per heavy atom. The highest BCUT2D eigenvalue weighted by atomic mass is 14.0. The van der Waals surface area contributed by atoms with Crippen molar-refractivity contribution < 1.29 is 0 Å². The van der Waals surface area contributed by atoms with Crippen molar-refractivity contribution >= 4 is 5.57 Å². The Balaban J connectivity index is 3.02. The number of rotatable bonds is 2. The van der Waals surface area contributed by atoms with Crippen LogP contribution in [0.3, 0.4) is 0 Å². The third kappa shape index (κ3) is 1.97. The van der Waals surface area contributed by atoms with Crippen LogP contribution in [0, 0.1) is 6.92 Å². The van der Waals surface area contributed by atoms with Crippen molar-refractivity contribution in [3.63, 3.8) is 0 Å². The summed E-state index contributed by atoms with van der Waals surface area (Å²) in [7, 11) is 0. The zero-order valence-corrected chi connectivity index (χ0v) is 8.09. The molecule has 0 heteroatoms. The second-order valence-corrected chi connectivity index (χ2v) is 3.11. The lowest BCUT2D eigenvalue weighted by Crippen LogP contribution is -1.83. The van der Waals surface area contributed by atoms with Crippen LogP contribution in [-0.2, 0) is 0 Å². The van der Waals surface area contributed by atoms with E-state index in [0.29, 0.717) is 0 Å². The lowest BCUT2D eigenvalue weighted by atomic mass is 10.0. The van der Waals surface area contributed by atoms with Crippen molar-refractivity contribution in [2.45, 2.75) is 27.2 Å². The third-order valence-electron chi connectivity index (χ3n) is 2.08. The van der Waals surface area contributed by atoms with Gasteiger partial charge in [0.25, 0.3) is 0 Å². The number of hydrogen-bond donors (Lipinski definition) is 0. The first-order valence-corrected chi connectivity index (χ1v) is 4.48. The Labute approximate surface area is 74.9 Å². The Bertz CT molecular complexity index is 282. The van der Waals surface area contributed by atoms with Crippen LogP contribution in [0.15, 0.2) is 30.3 Å². The molecule has 0 amide bonds. The highest BCUT2D eigenvalue weighted by Gasteiger charge is 1.96. The fraction of sp³-hybridized carbons (Fsp3) is 0.333. The lowest BCUT2D eigenvalue weighted by molar-refractivity contribution is 1.22. The summed E-state index contributed by atoms with van der Waals surface area (Å²) in [6.45, 7) is 6.50. The van der Waals surface area contributed by atoms with Gasteiger partial charge in [0.1, 0.15) is 0 Å². The molecule has 0 saturated heterocycles. The maximum Gasteiger partial charge on any atom is -0.0201 e. The van der Waals surface area contributed by atoms with Crippen molar-refractivity contribution in [1.29, 1.82) is 0 Å². The predicted octanol–water partition coefficient (Wildman–Crippen LogP) is 3.81. The van der Waals surface area contributed by atoms with Crippen molar-refractivity contribution in [2.24, 2.45) is 0 Å². The average molecular weight is 160 g/mol. The van der Waals surface area contributed by atoms with Crippen LogP contribution in [0.5, 0.6) is 0 Å². The fourth-order valence-electron chi connectivity index (χ4n) is 1.43. The van der Waals surface area contributed by atoms with Gasteiger partial charge in [-0.1, -0.05) is 37.3 Å². The van der Waals surface area contributed by atoms with Crippen molar-refractivity contribution in [1.82, 2.24) is 0 Å². The summed E-state index contributed by atoms with van der Waals surface area (Å²) in [5, 5.41) is 0. The minimum atomic E-state index is 1.11. The van der Waals surface area contributed by atoms with Crippen LogP contribution in [0.1, 0.15) is 31.4 Å². The molecule has 0 atom stereocenters. The highest BCUT2D eigenvalue weighted by Crippen LogP contribution is 2.17. The SMILES string of the molecule is CC/C=C(\C)c1ccccc1C. The Morgan fingerprint density at radius 2 is 2.00 bits per heavy atom. The molecule has 1 aromatic carbocycles. The number of aryl methyl sites for hydroxylation is 1. The molecular formula is C12H16. The van der Waals surface area contributed by atoms with E-state index in [9.17, 15) is 0 Å². The van der Waals surface area contributed by atoms with Crippen LogP contribution >= 0.6 is 0 Å². The van der Waals surface area contributed by atoms with Gasteiger partial charge in [-0.15, -0.1) is 0 Å². The summed E-state index contributed by atoms with van der Waals surface area (Å²) in [4.78, 5) is 0. The molecule has 0 aliphatic rings. The van der Waals surface area contributed by atoms with Crippen LogP contribution in [0.2, 0.25) is 0 Å². The molecule has 0 bridgehead atoms. The second kappa shape index (κ2) is 4.10. The van der Waals surface area contributed by atoms with Gasteiger partial charge in [0.15, 0.2) is 0 Å². The Morgan fingerprint density at radius 3 is 2.58 bits per heavy atom. The molecule has 0 nitrogen and oxygen atoms in total. The Hall–Kier alpha value is -1.04. The van der Waals surface area contributed by atoms with Gasteiger partial charge in [-0.2, -0.15) is 0 Å². The van der Waals surface area contributed by atoms with Crippen molar-refractivity contribution in [3.8, 4) is 0 Å². The van der Waals surface area contributed by atoms with Gasteiger partial charge in [-0.25, -0.2) is 0 Å². The van der Waals surface area contributed by atoms with E-state index >= 15 is 0 Å². The first kappa shape index (κ1) is 9.05. The lowest BCUT2D eigenvalue weighted by Gasteiger charge is -2.04. The predicted molar refractivity (Wildman–Crippen MR) is 55.1 cm³/mol. The molecule has 0 saturated carbocycles. The number of allylic oxidation sites excluding steroid dienone is 2. The van der Waals surface area contributed by atoms with Crippen LogP contribution in [0.25, 0.3) is 5.57 Å². The van der Waals surface area contributed by atoms with E-state index in [4.69, 9.17) is 0 Å². The maximum absolute atomic E-state index is 2.27. The first-order valence-electron chi connectivity index (χ1n) is 4.48. The highest BCUT2D eigenvalue weighted by molar-refractivity contribution is 5.66. The van der Waals surface area contributed by atoms with Crippen molar-refractivity contribution in [2.75, 3.05) is 0 Å². The fourth-order valence-corrected chi connectivity index (χ4v) is 1.43. The molecule has 0 unspecified atom stereocenters. The molecule has 0 N–H and O–H groups in total. The van der Waals surface area contributed by atoms with Crippen LogP contribution in [-0.4, -0.2) is 0 Å². The Kier molecular flexibility index (Phi) is 3.09. The maximum atomic E-state index is 2.27. The molecule has 64 valence electrons. The van der Waals surface area contributed by atoms with E-state index in [1.54, 1.807) is 0 Å². The molecule has 0 heterocycles. The van der Waals surface area contributed by atoms with Gasteiger partial charge < -0.3 is 0 Å². The van der Waals surface area contributed by atoms with E-state index in [2.05, 4.69) is 51.1 Å². The largest absolute Gasteiger partial charge is 0.0813 e. The molecule has 0 aliphatic carbocycles. The van der Waals surface area contributed by atoms with Gasteiger partial charge in [-0.3, -0.25) is 0 Å². The topological polar surface area (TPSA) is 0 Å². The van der Waals surface area contributed by atoms with Gasteiger partial charge in [0.05, 0.1) is 0 Å². The molecule has 0 aromatic heterocycles. The summed E-state index contributed by atoms with van der Waals surface area (Å²) in [5.74, 6) is 0.